The minimum Gasteiger partial charge on any atom is -0.550 e. The fourth-order valence-corrected chi connectivity index (χ4v) is 3.20. The molecule has 0 saturated carbocycles. The molecule has 0 bridgehead atoms. The average molecular weight is 209 g/mol. The summed E-state index contributed by atoms with van der Waals surface area (Å²) in [4.78, 5) is 12.8. The highest BCUT2D eigenvalue weighted by Crippen LogP contribution is 2.28. The summed E-state index contributed by atoms with van der Waals surface area (Å²) >= 11 is 1.66. The molecule has 1 aromatic rings. The van der Waals surface area contributed by atoms with E-state index in [1.54, 1.807) is 11.3 Å². The molecular weight excluding hydrogens is 196 g/mol. The Kier molecular flexibility index (Phi) is 2.87. The van der Waals surface area contributed by atoms with Crippen LogP contribution >= 0.6 is 11.3 Å². The zero-order chi connectivity index (χ0) is 9.97. The molecule has 0 N–H and O–H groups in total. The first-order valence-corrected chi connectivity index (χ1v) is 5.87. The van der Waals surface area contributed by atoms with Crippen LogP contribution in [0.3, 0.4) is 0 Å². The van der Waals surface area contributed by atoms with Crippen molar-refractivity contribution in [2.24, 2.45) is 0 Å². The Morgan fingerprint density at radius 1 is 1.36 bits per heavy atom. The molecule has 0 aromatic carbocycles. The minimum atomic E-state index is -0.971. The monoisotopic (exact) mass is 209 g/mol. The Morgan fingerprint density at radius 3 is 2.93 bits per heavy atom. The van der Waals surface area contributed by atoms with Gasteiger partial charge in [0.05, 0.1) is 0 Å². The molecule has 0 radical (unpaired) electrons. The van der Waals surface area contributed by atoms with Gasteiger partial charge in [0, 0.05) is 22.1 Å². The minimum absolute atomic E-state index is 0.0810. The second-order valence-electron chi connectivity index (χ2n) is 3.77. The van der Waals surface area contributed by atoms with Crippen LogP contribution in [0.25, 0.3) is 0 Å². The second kappa shape index (κ2) is 4.13. The van der Waals surface area contributed by atoms with Gasteiger partial charge in [0.15, 0.2) is 0 Å². The molecule has 0 unspecified atom stereocenters. The number of carbonyl (C=O) groups is 1. The van der Waals surface area contributed by atoms with E-state index in [1.165, 1.54) is 29.7 Å². The van der Waals surface area contributed by atoms with E-state index in [2.05, 4.69) is 6.07 Å². The van der Waals surface area contributed by atoms with Crippen molar-refractivity contribution >= 4 is 17.3 Å². The summed E-state index contributed by atoms with van der Waals surface area (Å²) in [6.07, 6.45) is 6.13. The number of carboxylic acid groups (broad SMARTS) is 1. The predicted molar refractivity (Wildman–Crippen MR) is 54.3 cm³/mol. The zero-order valence-corrected chi connectivity index (χ0v) is 8.86. The van der Waals surface area contributed by atoms with Gasteiger partial charge in [-0.05, 0) is 37.3 Å². The van der Waals surface area contributed by atoms with Gasteiger partial charge in [-0.1, -0.05) is 6.42 Å². The molecule has 0 spiro atoms. The third kappa shape index (κ3) is 2.15. The average Bonchev–Trinajstić information content (AvgIpc) is 2.34. The zero-order valence-electron chi connectivity index (χ0n) is 8.04. The molecule has 1 heterocycles. The van der Waals surface area contributed by atoms with Crippen molar-refractivity contribution in [2.45, 2.75) is 38.5 Å². The van der Waals surface area contributed by atoms with Crippen LogP contribution in [0.5, 0.6) is 0 Å². The van der Waals surface area contributed by atoms with Gasteiger partial charge >= 0.3 is 0 Å². The standard InChI is InChI=1S/C11H14O2S/c12-11(13)7-9-6-8-4-2-1-3-5-10(8)14-9/h6H,1-5,7H2,(H,12,13)/p-1. The number of fused-ring (bicyclic) bond motifs is 1. The van der Waals surface area contributed by atoms with E-state index in [4.69, 9.17) is 0 Å². The first-order valence-electron chi connectivity index (χ1n) is 5.06. The van der Waals surface area contributed by atoms with Gasteiger partial charge in [-0.15, -0.1) is 11.3 Å². The fourth-order valence-electron chi connectivity index (χ4n) is 1.96. The van der Waals surface area contributed by atoms with Gasteiger partial charge in [-0.25, -0.2) is 0 Å². The van der Waals surface area contributed by atoms with Gasteiger partial charge in [0.1, 0.15) is 0 Å². The highest BCUT2D eigenvalue weighted by molar-refractivity contribution is 7.12. The lowest BCUT2D eigenvalue weighted by molar-refractivity contribution is -0.304. The van der Waals surface area contributed by atoms with Crippen molar-refractivity contribution < 1.29 is 9.90 Å². The van der Waals surface area contributed by atoms with Gasteiger partial charge in [0.2, 0.25) is 0 Å². The maximum absolute atomic E-state index is 10.4. The van der Waals surface area contributed by atoms with E-state index in [0.717, 1.165) is 17.7 Å². The summed E-state index contributed by atoms with van der Waals surface area (Å²) in [6.45, 7) is 0. The van der Waals surface area contributed by atoms with Crippen LogP contribution < -0.4 is 5.11 Å². The maximum Gasteiger partial charge on any atom is 0.0466 e. The SMILES string of the molecule is O=C([O-])Cc1cc2c(s1)CCCCC2. The molecule has 14 heavy (non-hydrogen) atoms. The number of hydrogen-bond donors (Lipinski definition) is 0. The van der Waals surface area contributed by atoms with Crippen LogP contribution in [-0.4, -0.2) is 5.97 Å². The number of thiophene rings is 1. The number of aliphatic carboxylic acids is 1. The molecule has 0 aliphatic heterocycles. The summed E-state index contributed by atoms with van der Waals surface area (Å²) in [5.41, 5.74) is 1.38. The third-order valence-corrected chi connectivity index (χ3v) is 3.85. The molecule has 1 aliphatic carbocycles. The summed E-state index contributed by atoms with van der Waals surface area (Å²) < 4.78 is 0. The number of rotatable bonds is 2. The molecule has 0 atom stereocenters. The van der Waals surface area contributed by atoms with E-state index in [1.807, 2.05) is 0 Å². The Bertz CT molecular complexity index is 318. The maximum atomic E-state index is 10.4. The molecule has 1 aromatic heterocycles. The van der Waals surface area contributed by atoms with Crippen molar-refractivity contribution in [3.63, 3.8) is 0 Å². The second-order valence-corrected chi connectivity index (χ2v) is 4.99. The molecule has 0 amide bonds. The summed E-state index contributed by atoms with van der Waals surface area (Å²) in [5, 5.41) is 10.4. The fraction of sp³-hybridized carbons (Fsp3) is 0.545. The lowest BCUT2D eigenvalue weighted by Gasteiger charge is -1.97. The van der Waals surface area contributed by atoms with Crippen LogP contribution in [-0.2, 0) is 24.1 Å². The van der Waals surface area contributed by atoms with Crippen LogP contribution in [0.1, 0.15) is 34.6 Å². The molecule has 76 valence electrons. The highest BCUT2D eigenvalue weighted by atomic mass is 32.1. The molecule has 2 rings (SSSR count). The molecule has 0 saturated heterocycles. The predicted octanol–water partition coefficient (Wildman–Crippen LogP) is 1.31. The summed E-state index contributed by atoms with van der Waals surface area (Å²) in [7, 11) is 0. The van der Waals surface area contributed by atoms with Gasteiger partial charge in [0.25, 0.3) is 0 Å². The lowest BCUT2D eigenvalue weighted by atomic mass is 10.1. The number of aryl methyl sites for hydroxylation is 2. The molecule has 2 nitrogen and oxygen atoms in total. The quantitative estimate of drug-likeness (QED) is 0.689. The normalized spacial score (nSPS) is 16.0. The molecule has 0 fully saturated rings. The number of hydrogen-bond acceptors (Lipinski definition) is 3. The van der Waals surface area contributed by atoms with Crippen molar-refractivity contribution in [3.05, 3.63) is 21.4 Å². The molecular formula is C11H13O2S-. The van der Waals surface area contributed by atoms with Crippen LogP contribution in [0, 0.1) is 0 Å². The van der Waals surface area contributed by atoms with E-state index in [9.17, 15) is 9.90 Å². The van der Waals surface area contributed by atoms with Gasteiger partial charge in [-0.2, -0.15) is 0 Å². The summed E-state index contributed by atoms with van der Waals surface area (Å²) in [6, 6.07) is 2.06. The van der Waals surface area contributed by atoms with E-state index < -0.39 is 5.97 Å². The van der Waals surface area contributed by atoms with E-state index in [-0.39, 0.29) is 6.42 Å². The van der Waals surface area contributed by atoms with Gasteiger partial charge in [-0.3, -0.25) is 0 Å². The Morgan fingerprint density at radius 2 is 2.14 bits per heavy atom. The summed E-state index contributed by atoms with van der Waals surface area (Å²) in [5.74, 6) is -0.971. The molecule has 3 heteroatoms. The first-order chi connectivity index (χ1) is 6.75. The van der Waals surface area contributed by atoms with Crippen molar-refractivity contribution in [3.8, 4) is 0 Å². The van der Waals surface area contributed by atoms with Crippen LogP contribution in [0.2, 0.25) is 0 Å². The largest absolute Gasteiger partial charge is 0.550 e. The number of carbonyl (C=O) groups excluding carboxylic acids is 1. The van der Waals surface area contributed by atoms with Crippen molar-refractivity contribution in [1.29, 1.82) is 0 Å². The first kappa shape index (κ1) is 9.71. The topological polar surface area (TPSA) is 40.1 Å². The van der Waals surface area contributed by atoms with E-state index >= 15 is 0 Å². The highest BCUT2D eigenvalue weighted by Gasteiger charge is 2.11. The van der Waals surface area contributed by atoms with Crippen LogP contribution in [0.4, 0.5) is 0 Å². The van der Waals surface area contributed by atoms with Crippen molar-refractivity contribution in [1.82, 2.24) is 0 Å². The van der Waals surface area contributed by atoms with Crippen LogP contribution in [0.15, 0.2) is 6.07 Å². The smallest absolute Gasteiger partial charge is 0.0466 e. The van der Waals surface area contributed by atoms with E-state index in [0.29, 0.717) is 0 Å². The third-order valence-electron chi connectivity index (χ3n) is 2.62. The Labute approximate surface area is 87.6 Å². The Hall–Kier alpha value is -0.830. The molecule has 1 aliphatic rings. The lowest BCUT2D eigenvalue weighted by Crippen LogP contribution is -2.23. The van der Waals surface area contributed by atoms with Gasteiger partial charge < -0.3 is 9.90 Å². The van der Waals surface area contributed by atoms with Crippen molar-refractivity contribution in [2.75, 3.05) is 0 Å². The number of carboxylic acids is 1. The Balaban J connectivity index is 2.18.